The van der Waals surface area contributed by atoms with Crippen LogP contribution in [0.3, 0.4) is 0 Å². The zero-order chi connectivity index (χ0) is 13.8. The van der Waals surface area contributed by atoms with Crippen molar-refractivity contribution in [3.63, 3.8) is 0 Å². The fraction of sp³-hybridized carbons (Fsp3) is 0.462. The standard InChI is InChI=1S/C13H15Cl2NO3.ClH/c14-11(16-7-3-4-8-16)12(15)19-10-6-2-1-5-9(10)13(17)18;/h1-2,5-6,11-12H,3-4,7-8H2,(H,17,18);1H. The molecule has 2 unspecified atom stereocenters. The molecule has 1 aromatic carbocycles. The van der Waals surface area contributed by atoms with Crippen molar-refractivity contribution < 1.29 is 14.6 Å². The molecule has 112 valence electrons. The van der Waals surface area contributed by atoms with Crippen LogP contribution in [0, 0.1) is 0 Å². The first kappa shape index (κ1) is 17.4. The van der Waals surface area contributed by atoms with E-state index in [1.165, 1.54) is 6.07 Å². The maximum absolute atomic E-state index is 11.1. The third-order valence-corrected chi connectivity index (χ3v) is 4.02. The van der Waals surface area contributed by atoms with Crippen LogP contribution >= 0.6 is 35.6 Å². The van der Waals surface area contributed by atoms with Crippen LogP contribution in [-0.2, 0) is 0 Å². The second kappa shape index (κ2) is 7.93. The summed E-state index contributed by atoms with van der Waals surface area (Å²) in [4.78, 5) is 13.1. The smallest absolute Gasteiger partial charge is 0.339 e. The van der Waals surface area contributed by atoms with Crippen LogP contribution in [0.5, 0.6) is 5.75 Å². The highest BCUT2D eigenvalue weighted by molar-refractivity contribution is 6.29. The first-order chi connectivity index (χ1) is 9.09. The topological polar surface area (TPSA) is 49.8 Å². The Morgan fingerprint density at radius 3 is 2.45 bits per heavy atom. The van der Waals surface area contributed by atoms with Crippen molar-refractivity contribution in [2.75, 3.05) is 13.1 Å². The lowest BCUT2D eigenvalue weighted by molar-refractivity contribution is 0.0690. The summed E-state index contributed by atoms with van der Waals surface area (Å²) in [7, 11) is 0. The summed E-state index contributed by atoms with van der Waals surface area (Å²) in [6.45, 7) is 1.78. The number of hydrogen-bond donors (Lipinski definition) is 1. The monoisotopic (exact) mass is 339 g/mol. The van der Waals surface area contributed by atoms with Crippen LogP contribution in [0.4, 0.5) is 0 Å². The molecular weight excluding hydrogens is 325 g/mol. The van der Waals surface area contributed by atoms with Gasteiger partial charge < -0.3 is 9.84 Å². The van der Waals surface area contributed by atoms with Gasteiger partial charge in [-0.15, -0.1) is 24.0 Å². The fourth-order valence-electron chi connectivity index (χ4n) is 2.08. The molecule has 1 aromatic rings. The predicted octanol–water partition coefficient (Wildman–Crippen LogP) is 3.41. The molecule has 1 N–H and O–H groups in total. The van der Waals surface area contributed by atoms with Gasteiger partial charge in [-0.3, -0.25) is 4.90 Å². The van der Waals surface area contributed by atoms with Gasteiger partial charge >= 0.3 is 5.97 Å². The third kappa shape index (κ3) is 4.16. The van der Waals surface area contributed by atoms with Gasteiger partial charge in [-0.05, 0) is 38.1 Å². The number of benzene rings is 1. The summed E-state index contributed by atoms with van der Waals surface area (Å²) in [5.74, 6) is -0.813. The van der Waals surface area contributed by atoms with E-state index >= 15 is 0 Å². The highest BCUT2D eigenvalue weighted by Crippen LogP contribution is 2.26. The molecular formula is C13H16Cl3NO3. The van der Waals surface area contributed by atoms with Crippen molar-refractivity contribution in [3.8, 4) is 5.75 Å². The molecule has 1 saturated heterocycles. The van der Waals surface area contributed by atoms with Gasteiger partial charge in [0.25, 0.3) is 0 Å². The molecule has 2 rings (SSSR count). The highest BCUT2D eigenvalue weighted by atomic mass is 35.5. The summed E-state index contributed by atoms with van der Waals surface area (Å²) < 4.78 is 5.49. The molecule has 7 heteroatoms. The van der Waals surface area contributed by atoms with E-state index in [2.05, 4.69) is 0 Å². The number of rotatable bonds is 5. The average molecular weight is 341 g/mol. The SMILES string of the molecule is Cl.O=C(O)c1ccccc1OC(Cl)C(Cl)N1CCCC1. The number of ether oxygens (including phenoxy) is 1. The molecule has 0 bridgehead atoms. The normalized spacial score (nSPS) is 18.1. The van der Waals surface area contributed by atoms with Crippen LogP contribution in [-0.4, -0.2) is 40.1 Å². The van der Waals surface area contributed by atoms with E-state index in [1.54, 1.807) is 18.2 Å². The fourth-order valence-corrected chi connectivity index (χ4v) is 2.58. The number of carbonyl (C=O) groups is 1. The maximum Gasteiger partial charge on any atom is 0.339 e. The number of para-hydroxylation sites is 1. The zero-order valence-corrected chi connectivity index (χ0v) is 13.0. The first-order valence-corrected chi connectivity index (χ1v) is 6.98. The van der Waals surface area contributed by atoms with Gasteiger partial charge in [0.2, 0.25) is 5.56 Å². The molecule has 0 aliphatic carbocycles. The Morgan fingerprint density at radius 2 is 1.85 bits per heavy atom. The van der Waals surface area contributed by atoms with Gasteiger partial charge in [0.15, 0.2) is 0 Å². The lowest BCUT2D eigenvalue weighted by Gasteiger charge is -2.26. The van der Waals surface area contributed by atoms with E-state index in [9.17, 15) is 4.79 Å². The van der Waals surface area contributed by atoms with E-state index in [1.807, 2.05) is 4.90 Å². The van der Waals surface area contributed by atoms with Gasteiger partial charge in [0.1, 0.15) is 16.8 Å². The molecule has 0 spiro atoms. The lowest BCUT2D eigenvalue weighted by Crippen LogP contribution is -2.38. The van der Waals surface area contributed by atoms with E-state index in [-0.39, 0.29) is 23.7 Å². The summed E-state index contributed by atoms with van der Waals surface area (Å²) >= 11 is 12.4. The number of nitrogens with zero attached hydrogens (tertiary/aromatic N) is 1. The van der Waals surface area contributed by atoms with Crippen LogP contribution in [0.25, 0.3) is 0 Å². The zero-order valence-electron chi connectivity index (χ0n) is 10.7. The molecule has 0 amide bonds. The number of hydrogen-bond acceptors (Lipinski definition) is 3. The summed E-state index contributed by atoms with van der Waals surface area (Å²) in [6.07, 6.45) is 2.19. The predicted molar refractivity (Wildman–Crippen MR) is 81.4 cm³/mol. The van der Waals surface area contributed by atoms with Gasteiger partial charge in [-0.2, -0.15) is 0 Å². The number of halogens is 3. The molecule has 4 nitrogen and oxygen atoms in total. The molecule has 1 fully saturated rings. The minimum atomic E-state index is -1.05. The molecule has 2 atom stereocenters. The Balaban J connectivity index is 0.00000200. The lowest BCUT2D eigenvalue weighted by atomic mass is 10.2. The van der Waals surface area contributed by atoms with Crippen LogP contribution in [0.15, 0.2) is 24.3 Å². The van der Waals surface area contributed by atoms with Crippen LogP contribution < -0.4 is 4.74 Å². The second-order valence-corrected chi connectivity index (χ2v) is 5.26. The van der Waals surface area contributed by atoms with E-state index in [0.717, 1.165) is 25.9 Å². The number of alkyl halides is 2. The van der Waals surface area contributed by atoms with Gasteiger partial charge in [0.05, 0.1) is 0 Å². The summed E-state index contributed by atoms with van der Waals surface area (Å²) in [5.41, 5.74) is -1.18. The number of aromatic carboxylic acids is 1. The molecule has 20 heavy (non-hydrogen) atoms. The highest BCUT2D eigenvalue weighted by Gasteiger charge is 2.28. The first-order valence-electron chi connectivity index (χ1n) is 6.11. The van der Waals surface area contributed by atoms with E-state index in [0.29, 0.717) is 0 Å². The third-order valence-electron chi connectivity index (χ3n) is 3.06. The van der Waals surface area contributed by atoms with Crippen LogP contribution in [0.1, 0.15) is 23.2 Å². The van der Waals surface area contributed by atoms with Gasteiger partial charge in [-0.1, -0.05) is 23.7 Å². The van der Waals surface area contributed by atoms with Crippen molar-refractivity contribution in [3.05, 3.63) is 29.8 Å². The number of carboxylic acid groups (broad SMARTS) is 1. The van der Waals surface area contributed by atoms with Crippen molar-refractivity contribution >= 4 is 41.6 Å². The van der Waals surface area contributed by atoms with Crippen molar-refractivity contribution in [1.29, 1.82) is 0 Å². The molecule has 0 saturated carbocycles. The minimum absolute atomic E-state index is 0. The molecule has 1 aliphatic heterocycles. The Kier molecular flexibility index (Phi) is 6.89. The van der Waals surface area contributed by atoms with E-state index < -0.39 is 17.0 Å². The summed E-state index contributed by atoms with van der Waals surface area (Å²) in [6, 6.07) is 6.38. The van der Waals surface area contributed by atoms with Gasteiger partial charge in [-0.25, -0.2) is 4.79 Å². The van der Waals surface area contributed by atoms with Gasteiger partial charge in [0, 0.05) is 0 Å². The summed E-state index contributed by atoms with van der Waals surface area (Å²) in [5, 5.41) is 9.06. The molecule has 0 radical (unpaired) electrons. The van der Waals surface area contributed by atoms with Crippen molar-refractivity contribution in [2.45, 2.75) is 23.9 Å². The van der Waals surface area contributed by atoms with Crippen molar-refractivity contribution in [1.82, 2.24) is 4.90 Å². The number of likely N-dealkylation sites (tertiary alicyclic amines) is 1. The Morgan fingerprint density at radius 1 is 1.25 bits per heavy atom. The Bertz CT molecular complexity index is 452. The average Bonchev–Trinajstić information content (AvgIpc) is 2.92. The molecule has 1 aliphatic rings. The van der Waals surface area contributed by atoms with Crippen molar-refractivity contribution in [2.24, 2.45) is 0 Å². The second-order valence-electron chi connectivity index (χ2n) is 4.39. The maximum atomic E-state index is 11.1. The minimum Gasteiger partial charge on any atom is -0.478 e. The number of carboxylic acids is 1. The Hall–Kier alpha value is -0.680. The largest absolute Gasteiger partial charge is 0.478 e. The Labute approximate surface area is 134 Å². The van der Waals surface area contributed by atoms with E-state index in [4.69, 9.17) is 33.0 Å². The molecule has 1 heterocycles. The van der Waals surface area contributed by atoms with Crippen LogP contribution in [0.2, 0.25) is 0 Å². The quantitative estimate of drug-likeness (QED) is 0.659. The molecule has 0 aromatic heterocycles.